The van der Waals surface area contributed by atoms with Gasteiger partial charge in [-0.05, 0) is 53.9 Å². The number of halogens is 2. The van der Waals surface area contributed by atoms with Crippen LogP contribution in [-0.2, 0) is 13.0 Å². The summed E-state index contributed by atoms with van der Waals surface area (Å²) < 4.78 is 27.3. The van der Waals surface area contributed by atoms with Crippen molar-refractivity contribution >= 4 is 5.69 Å². The fourth-order valence-electron chi connectivity index (χ4n) is 4.05. The maximum absolute atomic E-state index is 13.7. The number of benzene rings is 2. The van der Waals surface area contributed by atoms with E-state index in [9.17, 15) is 8.78 Å². The van der Waals surface area contributed by atoms with Gasteiger partial charge in [0.25, 0.3) is 0 Å². The molecule has 2 aromatic rings. The zero-order chi connectivity index (χ0) is 16.1. The minimum Gasteiger partial charge on any atom is -0.374 e. The SMILES string of the molecule is CN1Cc2c(ccc3c2CCN3C)[C@@H](c2cc(F)cc(F)c2)C1. The van der Waals surface area contributed by atoms with Gasteiger partial charge in [-0.3, -0.25) is 0 Å². The van der Waals surface area contributed by atoms with Gasteiger partial charge in [-0.15, -0.1) is 0 Å². The summed E-state index contributed by atoms with van der Waals surface area (Å²) >= 11 is 0. The second-order valence-electron chi connectivity index (χ2n) is 6.75. The Morgan fingerprint density at radius 3 is 2.48 bits per heavy atom. The zero-order valence-corrected chi connectivity index (χ0v) is 13.4. The van der Waals surface area contributed by atoms with Gasteiger partial charge in [-0.2, -0.15) is 0 Å². The maximum atomic E-state index is 13.7. The smallest absolute Gasteiger partial charge is 0.126 e. The van der Waals surface area contributed by atoms with E-state index in [2.05, 4.69) is 36.0 Å². The van der Waals surface area contributed by atoms with Crippen LogP contribution in [-0.4, -0.2) is 32.1 Å². The van der Waals surface area contributed by atoms with Crippen molar-refractivity contribution in [2.75, 3.05) is 32.1 Å². The first-order valence-electron chi connectivity index (χ1n) is 8.03. The largest absolute Gasteiger partial charge is 0.374 e. The van der Waals surface area contributed by atoms with Crippen molar-refractivity contribution in [3.05, 3.63) is 64.2 Å². The topological polar surface area (TPSA) is 6.48 Å². The predicted molar refractivity (Wildman–Crippen MR) is 88.0 cm³/mol. The lowest BCUT2D eigenvalue weighted by Gasteiger charge is -2.34. The summed E-state index contributed by atoms with van der Waals surface area (Å²) in [5, 5.41) is 0. The first-order chi connectivity index (χ1) is 11.0. The number of fused-ring (bicyclic) bond motifs is 3. The molecule has 2 aromatic carbocycles. The molecular weight excluding hydrogens is 294 g/mol. The van der Waals surface area contributed by atoms with Crippen molar-refractivity contribution in [2.45, 2.75) is 18.9 Å². The summed E-state index contributed by atoms with van der Waals surface area (Å²) in [4.78, 5) is 4.52. The van der Waals surface area contributed by atoms with Crippen LogP contribution in [0.3, 0.4) is 0 Å². The number of nitrogens with zero attached hydrogens (tertiary/aromatic N) is 2. The molecule has 0 aromatic heterocycles. The van der Waals surface area contributed by atoms with E-state index in [-0.39, 0.29) is 5.92 Å². The van der Waals surface area contributed by atoms with Crippen LogP contribution in [0.25, 0.3) is 0 Å². The molecule has 2 aliphatic heterocycles. The molecule has 0 fully saturated rings. The van der Waals surface area contributed by atoms with Crippen LogP contribution in [0.5, 0.6) is 0 Å². The van der Waals surface area contributed by atoms with E-state index < -0.39 is 11.6 Å². The number of anilines is 1. The summed E-state index contributed by atoms with van der Waals surface area (Å²) in [6, 6.07) is 8.19. The fraction of sp³-hybridized carbons (Fsp3) is 0.368. The van der Waals surface area contributed by atoms with Crippen LogP contribution in [0.15, 0.2) is 30.3 Å². The molecule has 120 valence electrons. The molecule has 0 N–H and O–H groups in total. The molecule has 2 nitrogen and oxygen atoms in total. The average molecular weight is 314 g/mol. The molecular formula is C19H20F2N2. The molecule has 0 amide bonds. The highest BCUT2D eigenvalue weighted by molar-refractivity contribution is 5.64. The van der Waals surface area contributed by atoms with Crippen LogP contribution in [0, 0.1) is 11.6 Å². The highest BCUT2D eigenvalue weighted by Gasteiger charge is 2.30. The number of hydrogen-bond acceptors (Lipinski definition) is 2. The number of rotatable bonds is 1. The van der Waals surface area contributed by atoms with E-state index in [1.807, 2.05) is 0 Å². The summed E-state index contributed by atoms with van der Waals surface area (Å²) in [7, 11) is 4.19. The second kappa shape index (κ2) is 5.31. The van der Waals surface area contributed by atoms with Crippen LogP contribution in [0.1, 0.15) is 28.2 Å². The van der Waals surface area contributed by atoms with Crippen LogP contribution in [0.2, 0.25) is 0 Å². The van der Waals surface area contributed by atoms with Gasteiger partial charge >= 0.3 is 0 Å². The second-order valence-corrected chi connectivity index (χ2v) is 6.75. The number of likely N-dealkylation sites (N-methyl/N-ethyl adjacent to an activating group) is 2. The van der Waals surface area contributed by atoms with Crippen molar-refractivity contribution in [3.8, 4) is 0 Å². The third-order valence-electron chi connectivity index (χ3n) is 5.14. The Bertz CT molecular complexity index is 752. The van der Waals surface area contributed by atoms with E-state index in [1.165, 1.54) is 34.5 Å². The highest BCUT2D eigenvalue weighted by Crippen LogP contribution is 2.40. The van der Waals surface area contributed by atoms with Crippen molar-refractivity contribution in [1.82, 2.24) is 4.90 Å². The lowest BCUT2D eigenvalue weighted by Crippen LogP contribution is -2.31. The molecule has 4 heteroatoms. The first-order valence-corrected chi connectivity index (χ1v) is 8.03. The van der Waals surface area contributed by atoms with Gasteiger partial charge < -0.3 is 9.80 Å². The molecule has 0 spiro atoms. The van der Waals surface area contributed by atoms with E-state index >= 15 is 0 Å². The third-order valence-corrected chi connectivity index (χ3v) is 5.14. The highest BCUT2D eigenvalue weighted by atomic mass is 19.1. The molecule has 0 bridgehead atoms. The predicted octanol–water partition coefficient (Wildman–Crippen LogP) is 3.53. The van der Waals surface area contributed by atoms with Gasteiger partial charge in [0.15, 0.2) is 0 Å². The lowest BCUT2D eigenvalue weighted by molar-refractivity contribution is 0.294. The summed E-state index contributed by atoms with van der Waals surface area (Å²) in [6.07, 6.45) is 1.05. The average Bonchev–Trinajstić information content (AvgIpc) is 2.87. The standard InChI is InChI=1S/C19H20F2N2/c1-22-10-17(12-7-13(20)9-14(21)8-12)15-3-4-19-16(18(15)11-22)5-6-23(19)2/h3-4,7-9,17H,5-6,10-11H2,1-2H3/t17-/m1/s1. The Labute approximate surface area is 135 Å². The molecule has 2 aliphatic rings. The lowest BCUT2D eigenvalue weighted by atomic mass is 9.82. The Morgan fingerprint density at radius 1 is 1.00 bits per heavy atom. The Morgan fingerprint density at radius 2 is 1.74 bits per heavy atom. The monoisotopic (exact) mass is 314 g/mol. The molecule has 0 unspecified atom stereocenters. The van der Waals surface area contributed by atoms with Gasteiger partial charge in [0, 0.05) is 44.4 Å². The van der Waals surface area contributed by atoms with Gasteiger partial charge in [0.2, 0.25) is 0 Å². The Kier molecular flexibility index (Phi) is 3.38. The van der Waals surface area contributed by atoms with Crippen molar-refractivity contribution in [1.29, 1.82) is 0 Å². The molecule has 0 saturated carbocycles. The number of hydrogen-bond donors (Lipinski definition) is 0. The van der Waals surface area contributed by atoms with E-state index in [4.69, 9.17) is 0 Å². The van der Waals surface area contributed by atoms with Gasteiger partial charge in [-0.25, -0.2) is 8.78 Å². The van der Waals surface area contributed by atoms with Gasteiger partial charge in [0.05, 0.1) is 0 Å². The Hall–Kier alpha value is -1.94. The molecule has 4 rings (SSSR count). The minimum atomic E-state index is -0.504. The van der Waals surface area contributed by atoms with Crippen molar-refractivity contribution < 1.29 is 8.78 Å². The van der Waals surface area contributed by atoms with E-state index in [1.54, 1.807) is 0 Å². The van der Waals surface area contributed by atoms with Crippen LogP contribution < -0.4 is 4.90 Å². The molecule has 23 heavy (non-hydrogen) atoms. The third kappa shape index (κ3) is 2.41. The van der Waals surface area contributed by atoms with E-state index in [0.717, 1.165) is 37.7 Å². The van der Waals surface area contributed by atoms with Gasteiger partial charge in [0.1, 0.15) is 11.6 Å². The van der Waals surface area contributed by atoms with Crippen molar-refractivity contribution in [3.63, 3.8) is 0 Å². The maximum Gasteiger partial charge on any atom is 0.126 e. The van der Waals surface area contributed by atoms with E-state index in [0.29, 0.717) is 0 Å². The molecule has 0 aliphatic carbocycles. The normalized spacial score (nSPS) is 20.5. The molecule has 0 saturated heterocycles. The summed E-state index contributed by atoms with van der Waals surface area (Å²) in [5.41, 5.74) is 5.99. The summed E-state index contributed by atoms with van der Waals surface area (Å²) in [6.45, 7) is 2.72. The molecule has 1 atom stereocenters. The van der Waals surface area contributed by atoms with Crippen molar-refractivity contribution in [2.24, 2.45) is 0 Å². The van der Waals surface area contributed by atoms with Crippen LogP contribution >= 0.6 is 0 Å². The zero-order valence-electron chi connectivity index (χ0n) is 13.4. The Balaban J connectivity index is 1.86. The van der Waals surface area contributed by atoms with Gasteiger partial charge in [-0.1, -0.05) is 6.07 Å². The summed E-state index contributed by atoms with van der Waals surface area (Å²) in [5.74, 6) is -0.989. The first kappa shape index (κ1) is 14.6. The molecule has 2 heterocycles. The minimum absolute atomic E-state index is 0.0187. The van der Waals surface area contributed by atoms with Crippen LogP contribution in [0.4, 0.5) is 14.5 Å². The molecule has 0 radical (unpaired) electrons. The quantitative estimate of drug-likeness (QED) is 0.794. The fourth-order valence-corrected chi connectivity index (χ4v) is 4.05.